The summed E-state index contributed by atoms with van der Waals surface area (Å²) in [6.07, 6.45) is 4.25. The Hall–Kier alpha value is -4.53. The van der Waals surface area contributed by atoms with Crippen LogP contribution in [0.3, 0.4) is 0 Å². The van der Waals surface area contributed by atoms with Crippen molar-refractivity contribution in [1.82, 2.24) is 29.9 Å². The molecule has 1 amide bonds. The topological polar surface area (TPSA) is 104 Å². The van der Waals surface area contributed by atoms with Crippen molar-refractivity contribution in [3.05, 3.63) is 72.4 Å². The number of amides is 1. The number of hydrogen-bond acceptors (Lipinski definition) is 7. The van der Waals surface area contributed by atoms with E-state index in [0.717, 1.165) is 47.3 Å². The van der Waals surface area contributed by atoms with Crippen LogP contribution in [0.15, 0.2) is 66.9 Å². The van der Waals surface area contributed by atoms with Gasteiger partial charge in [0.1, 0.15) is 11.1 Å². The average molecular weight is 537 g/mol. The highest BCUT2D eigenvalue weighted by atomic mass is 16.6. The lowest BCUT2D eigenvalue weighted by atomic mass is 9.71. The van der Waals surface area contributed by atoms with Crippen LogP contribution in [-0.4, -0.2) is 42.9 Å². The molecule has 1 saturated carbocycles. The predicted molar refractivity (Wildman–Crippen MR) is 153 cm³/mol. The van der Waals surface area contributed by atoms with E-state index in [1.807, 2.05) is 70.3 Å². The SMILES string of the molecule is CCOc1nnc2c3nc(-c4ccccc4)c(-c4ccc(C5(NC(=O)OC(C)(C)C)CCC5)cc4)nc3ccn12. The number of pyridine rings is 1. The van der Waals surface area contributed by atoms with Gasteiger partial charge in [0.15, 0.2) is 5.65 Å². The molecule has 0 aliphatic heterocycles. The van der Waals surface area contributed by atoms with E-state index in [1.54, 1.807) is 4.40 Å². The van der Waals surface area contributed by atoms with Crippen molar-refractivity contribution in [3.63, 3.8) is 0 Å². The van der Waals surface area contributed by atoms with E-state index < -0.39 is 17.2 Å². The molecule has 0 atom stereocenters. The molecule has 9 nitrogen and oxygen atoms in total. The second kappa shape index (κ2) is 9.89. The van der Waals surface area contributed by atoms with E-state index in [1.165, 1.54) is 0 Å². The second-order valence-electron chi connectivity index (χ2n) is 11.1. The molecule has 1 aliphatic rings. The predicted octanol–water partition coefficient (Wildman–Crippen LogP) is 6.31. The highest BCUT2D eigenvalue weighted by Gasteiger charge is 2.41. The van der Waals surface area contributed by atoms with Crippen LogP contribution in [-0.2, 0) is 10.3 Å². The quantitative estimate of drug-likeness (QED) is 0.271. The highest BCUT2D eigenvalue weighted by molar-refractivity contribution is 5.93. The Morgan fingerprint density at radius 1 is 0.950 bits per heavy atom. The van der Waals surface area contributed by atoms with Gasteiger partial charge >= 0.3 is 12.1 Å². The molecule has 0 unspecified atom stereocenters. The minimum absolute atomic E-state index is 0.393. The van der Waals surface area contributed by atoms with E-state index in [9.17, 15) is 4.79 Å². The summed E-state index contributed by atoms with van der Waals surface area (Å²) in [4.78, 5) is 22.8. The molecule has 1 fully saturated rings. The Bertz CT molecular complexity index is 1690. The molecular weight excluding hydrogens is 504 g/mol. The number of rotatable bonds is 6. The Balaban J connectivity index is 1.42. The van der Waals surface area contributed by atoms with Crippen molar-refractivity contribution in [1.29, 1.82) is 0 Å². The Kier molecular flexibility index (Phi) is 6.37. The molecule has 0 saturated heterocycles. The van der Waals surface area contributed by atoms with Crippen LogP contribution < -0.4 is 10.1 Å². The summed E-state index contributed by atoms with van der Waals surface area (Å²) in [6, 6.07) is 20.6. The Labute approximate surface area is 232 Å². The third-order valence-corrected chi connectivity index (χ3v) is 7.16. The Morgan fingerprint density at radius 2 is 1.65 bits per heavy atom. The third-order valence-electron chi connectivity index (χ3n) is 7.16. The largest absolute Gasteiger partial charge is 0.464 e. The van der Waals surface area contributed by atoms with Gasteiger partial charge in [-0.3, -0.25) is 4.40 Å². The number of nitrogens with zero attached hydrogens (tertiary/aromatic N) is 5. The van der Waals surface area contributed by atoms with Crippen LogP contribution in [0.25, 0.3) is 39.2 Å². The van der Waals surface area contributed by atoms with Crippen molar-refractivity contribution in [2.75, 3.05) is 6.61 Å². The standard InChI is InChI=1S/C31H32N6O3/c1-5-39-28-36-35-27-26-23(16-19-37(27)28)32-24(25(33-26)20-10-7-6-8-11-20)21-12-14-22(15-13-21)31(17-9-18-31)34-29(38)40-30(2,3)4/h6-8,10-16,19H,5,9,17-18H2,1-4H3,(H,34,38). The summed E-state index contributed by atoms with van der Waals surface area (Å²) in [5, 5.41) is 11.7. The van der Waals surface area contributed by atoms with Gasteiger partial charge in [-0.25, -0.2) is 14.8 Å². The molecule has 9 heteroatoms. The van der Waals surface area contributed by atoms with Crippen molar-refractivity contribution in [2.24, 2.45) is 0 Å². The first-order valence-electron chi connectivity index (χ1n) is 13.6. The fraction of sp³-hybridized carbons (Fsp3) is 0.323. The molecule has 0 radical (unpaired) electrons. The molecule has 2 aromatic carbocycles. The second-order valence-corrected chi connectivity index (χ2v) is 11.1. The summed E-state index contributed by atoms with van der Waals surface area (Å²) in [6.45, 7) is 8.01. The van der Waals surface area contributed by atoms with Gasteiger partial charge in [-0.1, -0.05) is 59.7 Å². The van der Waals surface area contributed by atoms with Gasteiger partial charge in [0, 0.05) is 17.3 Å². The summed E-state index contributed by atoms with van der Waals surface area (Å²) in [7, 11) is 0. The normalized spacial score (nSPS) is 14.6. The van der Waals surface area contributed by atoms with Gasteiger partial charge in [-0.15, -0.1) is 5.10 Å². The van der Waals surface area contributed by atoms with Gasteiger partial charge < -0.3 is 14.8 Å². The van der Waals surface area contributed by atoms with Crippen LogP contribution >= 0.6 is 0 Å². The van der Waals surface area contributed by atoms with Crippen molar-refractivity contribution in [2.45, 2.75) is 58.1 Å². The molecule has 3 aromatic heterocycles. The minimum Gasteiger partial charge on any atom is -0.464 e. The number of benzene rings is 2. The number of carbonyl (C=O) groups excluding carboxylic acids is 1. The molecule has 3 heterocycles. The molecular formula is C31H32N6O3. The smallest absolute Gasteiger partial charge is 0.408 e. The monoisotopic (exact) mass is 536 g/mol. The minimum atomic E-state index is -0.551. The fourth-order valence-corrected chi connectivity index (χ4v) is 5.14. The van der Waals surface area contributed by atoms with Crippen LogP contribution in [0.5, 0.6) is 6.01 Å². The maximum Gasteiger partial charge on any atom is 0.408 e. The first-order valence-corrected chi connectivity index (χ1v) is 13.6. The molecule has 204 valence electrons. The first-order chi connectivity index (χ1) is 19.3. The number of alkyl carbamates (subject to hydrolysis) is 1. The molecule has 0 bridgehead atoms. The molecule has 40 heavy (non-hydrogen) atoms. The molecule has 1 N–H and O–H groups in total. The zero-order valence-corrected chi connectivity index (χ0v) is 23.1. The zero-order valence-electron chi connectivity index (χ0n) is 23.1. The average Bonchev–Trinajstić information content (AvgIpc) is 3.33. The molecule has 1 aliphatic carbocycles. The van der Waals surface area contributed by atoms with Crippen molar-refractivity contribution < 1.29 is 14.3 Å². The van der Waals surface area contributed by atoms with Crippen LogP contribution in [0.1, 0.15) is 52.5 Å². The van der Waals surface area contributed by atoms with E-state index in [2.05, 4.69) is 39.8 Å². The summed E-state index contributed by atoms with van der Waals surface area (Å²) < 4.78 is 13.0. The maximum absolute atomic E-state index is 12.6. The van der Waals surface area contributed by atoms with Crippen molar-refractivity contribution in [3.8, 4) is 28.5 Å². The lowest BCUT2D eigenvalue weighted by Crippen LogP contribution is -2.52. The first kappa shape index (κ1) is 25.7. The number of fused-ring (bicyclic) bond motifs is 3. The summed E-state index contributed by atoms with van der Waals surface area (Å²) in [5.41, 5.74) is 5.43. The van der Waals surface area contributed by atoms with Gasteiger partial charge in [-0.05, 0) is 58.6 Å². The van der Waals surface area contributed by atoms with Crippen LogP contribution in [0.2, 0.25) is 0 Å². The van der Waals surface area contributed by atoms with Crippen LogP contribution in [0, 0.1) is 0 Å². The number of nitrogens with one attached hydrogen (secondary N) is 1. The zero-order chi connectivity index (χ0) is 27.9. The van der Waals surface area contributed by atoms with Gasteiger partial charge in [0.2, 0.25) is 0 Å². The van der Waals surface area contributed by atoms with Crippen LogP contribution in [0.4, 0.5) is 4.79 Å². The maximum atomic E-state index is 12.6. The number of hydrogen-bond donors (Lipinski definition) is 1. The molecule has 6 rings (SSSR count). The van der Waals surface area contributed by atoms with Crippen molar-refractivity contribution >= 4 is 22.8 Å². The van der Waals surface area contributed by atoms with Gasteiger partial charge in [0.25, 0.3) is 0 Å². The Morgan fingerprint density at radius 3 is 2.30 bits per heavy atom. The van der Waals surface area contributed by atoms with E-state index >= 15 is 0 Å². The molecule has 0 spiro atoms. The van der Waals surface area contributed by atoms with E-state index in [4.69, 9.17) is 19.4 Å². The third kappa shape index (κ3) is 4.72. The van der Waals surface area contributed by atoms with Gasteiger partial charge in [-0.2, -0.15) is 0 Å². The fourth-order valence-electron chi connectivity index (χ4n) is 5.14. The lowest BCUT2D eigenvalue weighted by Gasteiger charge is -2.43. The van der Waals surface area contributed by atoms with E-state index in [0.29, 0.717) is 29.3 Å². The van der Waals surface area contributed by atoms with Gasteiger partial charge in [0.05, 0.1) is 29.1 Å². The summed E-state index contributed by atoms with van der Waals surface area (Å²) in [5.74, 6) is 0. The highest BCUT2D eigenvalue weighted by Crippen LogP contribution is 2.42. The molecule has 5 aromatic rings. The lowest BCUT2D eigenvalue weighted by molar-refractivity contribution is 0.0377. The summed E-state index contributed by atoms with van der Waals surface area (Å²) >= 11 is 0. The number of ether oxygens (including phenoxy) is 2. The number of aromatic nitrogens is 5. The van der Waals surface area contributed by atoms with E-state index in [-0.39, 0.29) is 0 Å². The number of carbonyl (C=O) groups is 1.